The number of hydrogen-bond donors (Lipinski definition) is 1. The van der Waals surface area contributed by atoms with Crippen molar-refractivity contribution >= 4 is 17.8 Å². The summed E-state index contributed by atoms with van der Waals surface area (Å²) in [6, 6.07) is 8.97. The van der Waals surface area contributed by atoms with E-state index in [9.17, 15) is 18.8 Å². The fourth-order valence-corrected chi connectivity index (χ4v) is 5.83. The number of fused-ring (bicyclic) bond motifs is 2. The zero-order valence-electron chi connectivity index (χ0n) is 21.7. The lowest BCUT2D eigenvalue weighted by Gasteiger charge is -2.31. The molecule has 0 unspecified atom stereocenters. The quantitative estimate of drug-likeness (QED) is 0.543. The smallest absolute Gasteiger partial charge is 0.321 e. The van der Waals surface area contributed by atoms with E-state index in [1.165, 1.54) is 12.1 Å². The predicted molar refractivity (Wildman–Crippen MR) is 140 cm³/mol. The molecule has 2 aliphatic carbocycles. The summed E-state index contributed by atoms with van der Waals surface area (Å²) >= 11 is 0. The molecule has 4 amide bonds. The second kappa shape index (κ2) is 9.83. The molecule has 2 aromatic carbocycles. The molecule has 0 bridgehead atoms. The molecular formula is C29H30FN5O4. The van der Waals surface area contributed by atoms with Crippen molar-refractivity contribution in [3.05, 3.63) is 71.3 Å². The van der Waals surface area contributed by atoms with Gasteiger partial charge in [0.05, 0.1) is 18.2 Å². The van der Waals surface area contributed by atoms with Crippen LogP contribution in [0, 0.1) is 11.7 Å². The Balaban J connectivity index is 1.22. The van der Waals surface area contributed by atoms with Crippen LogP contribution >= 0.6 is 0 Å². The highest BCUT2D eigenvalue weighted by molar-refractivity contribution is 6.01. The van der Waals surface area contributed by atoms with E-state index in [1.807, 2.05) is 31.4 Å². The first-order valence-corrected chi connectivity index (χ1v) is 13.2. The zero-order chi connectivity index (χ0) is 27.3. The van der Waals surface area contributed by atoms with Crippen molar-refractivity contribution in [1.82, 2.24) is 19.6 Å². The monoisotopic (exact) mass is 531 g/mol. The van der Waals surface area contributed by atoms with Crippen LogP contribution in [0.3, 0.4) is 0 Å². The number of aryl methyl sites for hydroxylation is 2. The van der Waals surface area contributed by atoms with Crippen molar-refractivity contribution < 1.29 is 23.5 Å². The molecule has 1 fully saturated rings. The maximum Gasteiger partial charge on any atom is 0.321 e. The average molecular weight is 532 g/mol. The standard InChI is InChI=1S/C29H30FN5O4/c1-33-13-21(12-32-33)18-4-7-23-19(10-18)5-8-24(23)28(37)35(29(31)38)15-27(36)34-14-20-11-22(30)6-9-26(20)39-16-25(34)17-2-3-17/h4,6-7,9-13,17,24-25H,2-3,5,8,14-16H2,1H3,(H2,31,38)/t24-,25-/m0/s1. The number of aromatic nitrogens is 2. The summed E-state index contributed by atoms with van der Waals surface area (Å²) in [6.45, 7) is -0.0618. The fraction of sp³-hybridized carbons (Fsp3) is 0.379. The third kappa shape index (κ3) is 4.86. The molecule has 2 atom stereocenters. The number of carbonyl (C=O) groups excluding carboxylic acids is 3. The van der Waals surface area contributed by atoms with E-state index < -0.39 is 36.1 Å². The highest BCUT2D eigenvalue weighted by Crippen LogP contribution is 2.40. The van der Waals surface area contributed by atoms with Crippen molar-refractivity contribution in [3.63, 3.8) is 0 Å². The van der Waals surface area contributed by atoms with Gasteiger partial charge in [-0.2, -0.15) is 5.10 Å². The number of nitrogens with two attached hydrogens (primary N) is 1. The third-order valence-corrected chi connectivity index (χ3v) is 8.04. The van der Waals surface area contributed by atoms with Crippen LogP contribution in [0.5, 0.6) is 5.75 Å². The molecule has 0 radical (unpaired) electrons. The summed E-state index contributed by atoms with van der Waals surface area (Å²) in [5.41, 5.74) is 10.1. The lowest BCUT2D eigenvalue weighted by molar-refractivity contribution is -0.141. The summed E-state index contributed by atoms with van der Waals surface area (Å²) in [5, 5.41) is 4.22. The first-order chi connectivity index (χ1) is 18.8. The molecule has 0 spiro atoms. The molecule has 1 aromatic heterocycles. The lowest BCUT2D eigenvalue weighted by atomic mass is 9.97. The van der Waals surface area contributed by atoms with E-state index >= 15 is 0 Å². The van der Waals surface area contributed by atoms with Crippen LogP contribution in [0.1, 0.15) is 41.9 Å². The summed E-state index contributed by atoms with van der Waals surface area (Å²) in [6.07, 6.45) is 6.83. The second-order valence-corrected chi connectivity index (χ2v) is 10.7. The molecule has 0 saturated heterocycles. The summed E-state index contributed by atoms with van der Waals surface area (Å²) in [5.74, 6) is -1.08. The Morgan fingerprint density at radius 1 is 1.10 bits per heavy atom. The van der Waals surface area contributed by atoms with Crippen LogP contribution in [0.2, 0.25) is 0 Å². The maximum absolute atomic E-state index is 14.0. The first-order valence-electron chi connectivity index (χ1n) is 13.2. The number of amides is 4. The average Bonchev–Trinajstić information content (AvgIpc) is 3.57. The van der Waals surface area contributed by atoms with Gasteiger partial charge in [-0.15, -0.1) is 0 Å². The molecule has 1 aliphatic heterocycles. The lowest BCUT2D eigenvalue weighted by Crippen LogP contribution is -2.52. The van der Waals surface area contributed by atoms with E-state index in [0.717, 1.165) is 40.0 Å². The number of hydrogen-bond acceptors (Lipinski definition) is 5. The van der Waals surface area contributed by atoms with Gasteiger partial charge >= 0.3 is 6.03 Å². The minimum Gasteiger partial charge on any atom is -0.491 e. The number of primary amides is 1. The van der Waals surface area contributed by atoms with Gasteiger partial charge in [-0.05, 0) is 66.5 Å². The number of carbonyl (C=O) groups is 3. The molecule has 2 N–H and O–H groups in total. The molecular weight excluding hydrogens is 501 g/mol. The van der Waals surface area contributed by atoms with Crippen LogP contribution in [0.4, 0.5) is 9.18 Å². The van der Waals surface area contributed by atoms with Gasteiger partial charge in [0.25, 0.3) is 0 Å². The van der Waals surface area contributed by atoms with Crippen molar-refractivity contribution in [2.24, 2.45) is 18.7 Å². The van der Waals surface area contributed by atoms with Gasteiger partial charge in [-0.1, -0.05) is 18.2 Å². The van der Waals surface area contributed by atoms with Crippen molar-refractivity contribution in [2.45, 2.75) is 44.2 Å². The van der Waals surface area contributed by atoms with Gasteiger partial charge in [0.2, 0.25) is 11.8 Å². The minimum absolute atomic E-state index is 0.136. The fourth-order valence-electron chi connectivity index (χ4n) is 5.83. The maximum atomic E-state index is 14.0. The summed E-state index contributed by atoms with van der Waals surface area (Å²) in [4.78, 5) is 42.2. The van der Waals surface area contributed by atoms with Crippen molar-refractivity contribution in [3.8, 4) is 16.9 Å². The molecule has 10 heteroatoms. The largest absolute Gasteiger partial charge is 0.491 e. The number of ether oxygens (including phenoxy) is 1. The van der Waals surface area contributed by atoms with Gasteiger partial charge in [0, 0.05) is 30.9 Å². The first kappa shape index (κ1) is 25.1. The van der Waals surface area contributed by atoms with E-state index in [1.54, 1.807) is 21.8 Å². The molecule has 3 aliphatic rings. The van der Waals surface area contributed by atoms with Gasteiger partial charge < -0.3 is 15.4 Å². The number of urea groups is 1. The van der Waals surface area contributed by atoms with Gasteiger partial charge in [-0.3, -0.25) is 19.2 Å². The second-order valence-electron chi connectivity index (χ2n) is 10.7. The molecule has 1 saturated carbocycles. The predicted octanol–water partition coefficient (Wildman–Crippen LogP) is 3.36. The van der Waals surface area contributed by atoms with E-state index in [4.69, 9.17) is 10.5 Å². The molecule has 39 heavy (non-hydrogen) atoms. The van der Waals surface area contributed by atoms with Gasteiger partial charge in [0.1, 0.15) is 24.7 Å². The highest BCUT2D eigenvalue weighted by atomic mass is 19.1. The Morgan fingerprint density at radius 3 is 2.64 bits per heavy atom. The Hall–Kier alpha value is -4.21. The number of nitrogens with zero attached hydrogens (tertiary/aromatic N) is 4. The van der Waals surface area contributed by atoms with Crippen molar-refractivity contribution in [2.75, 3.05) is 13.2 Å². The molecule has 6 rings (SSSR count). The normalized spacial score (nSPS) is 20.0. The van der Waals surface area contributed by atoms with E-state index in [2.05, 4.69) is 5.10 Å². The highest BCUT2D eigenvalue weighted by Gasteiger charge is 2.42. The Morgan fingerprint density at radius 2 is 1.92 bits per heavy atom. The SMILES string of the molecule is Cn1cc(-c2ccc3c(c2)CC[C@@H]3C(=O)N(CC(=O)N2Cc3cc(F)ccc3OC[C@H]2C2CC2)C(N)=O)cn1. The van der Waals surface area contributed by atoms with E-state index in [0.29, 0.717) is 24.2 Å². The minimum atomic E-state index is -0.964. The third-order valence-electron chi connectivity index (χ3n) is 8.04. The molecule has 202 valence electrons. The van der Waals surface area contributed by atoms with Crippen LogP contribution in [-0.2, 0) is 29.6 Å². The molecule has 3 aromatic rings. The topological polar surface area (TPSA) is 111 Å². The number of benzene rings is 2. The van der Waals surface area contributed by atoms with Crippen LogP contribution in [-0.4, -0.2) is 56.6 Å². The van der Waals surface area contributed by atoms with Gasteiger partial charge in [0.15, 0.2) is 0 Å². The molecule has 2 heterocycles. The van der Waals surface area contributed by atoms with Crippen LogP contribution in [0.25, 0.3) is 11.1 Å². The Kier molecular flexibility index (Phi) is 6.32. The summed E-state index contributed by atoms with van der Waals surface area (Å²) in [7, 11) is 1.85. The van der Waals surface area contributed by atoms with Crippen LogP contribution < -0.4 is 10.5 Å². The van der Waals surface area contributed by atoms with Gasteiger partial charge in [-0.25, -0.2) is 9.18 Å². The Bertz CT molecular complexity index is 1470. The summed E-state index contributed by atoms with van der Waals surface area (Å²) < 4.78 is 21.6. The van der Waals surface area contributed by atoms with Crippen LogP contribution in [0.15, 0.2) is 48.8 Å². The molecule has 9 nitrogen and oxygen atoms in total. The number of imide groups is 1. The number of rotatable bonds is 5. The van der Waals surface area contributed by atoms with Crippen molar-refractivity contribution in [1.29, 1.82) is 0 Å². The Labute approximate surface area is 225 Å². The zero-order valence-corrected chi connectivity index (χ0v) is 21.7. The van der Waals surface area contributed by atoms with E-state index in [-0.39, 0.29) is 25.1 Å². The number of halogens is 1.